The Bertz CT molecular complexity index is 970. The average Bonchev–Trinajstić information content (AvgIpc) is 2.95. The lowest BCUT2D eigenvalue weighted by atomic mass is 9.93. The van der Waals surface area contributed by atoms with Gasteiger partial charge in [0.1, 0.15) is 11.3 Å². The molecule has 2 aromatic rings. The molecule has 1 atom stereocenters. The van der Waals surface area contributed by atoms with Gasteiger partial charge in [-0.2, -0.15) is 10.3 Å². The van der Waals surface area contributed by atoms with E-state index in [0.717, 1.165) is 5.56 Å². The molecule has 0 saturated carbocycles. The largest absolute Gasteiger partial charge is 0.484 e. The van der Waals surface area contributed by atoms with Gasteiger partial charge in [-0.25, -0.2) is 4.79 Å². The molecule has 2 N–H and O–H groups in total. The third-order valence-corrected chi connectivity index (χ3v) is 4.59. The first-order chi connectivity index (χ1) is 13.9. The van der Waals surface area contributed by atoms with Gasteiger partial charge in [-0.3, -0.25) is 15.0 Å². The van der Waals surface area contributed by atoms with Crippen LogP contribution in [0.25, 0.3) is 0 Å². The number of aryl methyl sites for hydroxylation is 1. The fourth-order valence-electron chi connectivity index (χ4n) is 2.96. The second kappa shape index (κ2) is 8.44. The van der Waals surface area contributed by atoms with E-state index >= 15 is 0 Å². The van der Waals surface area contributed by atoms with Crippen LogP contribution in [0.15, 0.2) is 54.6 Å². The van der Waals surface area contributed by atoms with Gasteiger partial charge in [-0.1, -0.05) is 36.4 Å². The number of nitrogens with zero attached hydrogens (tertiary/aromatic N) is 2. The van der Waals surface area contributed by atoms with Crippen LogP contribution < -0.4 is 15.5 Å². The van der Waals surface area contributed by atoms with Crippen molar-refractivity contribution in [1.29, 1.82) is 5.26 Å². The van der Waals surface area contributed by atoms with Gasteiger partial charge >= 0.3 is 6.03 Å². The number of hydrogen-bond donors (Lipinski definition) is 2. The molecule has 3 rings (SSSR count). The topological polar surface area (TPSA) is 112 Å². The monoisotopic (exact) mass is 392 g/mol. The number of urea groups is 1. The van der Waals surface area contributed by atoms with Crippen molar-refractivity contribution in [2.45, 2.75) is 25.3 Å². The fourth-order valence-corrected chi connectivity index (χ4v) is 2.96. The quantitative estimate of drug-likeness (QED) is 0.699. The van der Waals surface area contributed by atoms with Crippen molar-refractivity contribution in [3.63, 3.8) is 0 Å². The Kier molecular flexibility index (Phi) is 5.79. The van der Waals surface area contributed by atoms with Crippen molar-refractivity contribution >= 4 is 17.8 Å². The summed E-state index contributed by atoms with van der Waals surface area (Å²) >= 11 is 0. The molecule has 0 radical (unpaired) electrons. The summed E-state index contributed by atoms with van der Waals surface area (Å²) in [6.45, 7) is 1.22. The van der Waals surface area contributed by atoms with E-state index in [0.29, 0.717) is 29.2 Å². The smallest absolute Gasteiger partial charge is 0.344 e. The van der Waals surface area contributed by atoms with Gasteiger partial charge < -0.3 is 10.1 Å². The summed E-state index contributed by atoms with van der Waals surface area (Å²) in [7, 11) is 0. The fraction of sp³-hybridized carbons (Fsp3) is 0.238. The summed E-state index contributed by atoms with van der Waals surface area (Å²) in [6.07, 6.45) is 0.995. The van der Waals surface area contributed by atoms with Crippen LogP contribution in [-0.2, 0) is 16.0 Å². The SMILES string of the molecule is C[C@]1(CCc2ccccc2)NC(=O)N(NC(=O)COc2cccc(C#N)c2)C1=O. The number of amides is 4. The molecule has 4 amide bonds. The third-order valence-electron chi connectivity index (χ3n) is 4.59. The number of ether oxygens (including phenoxy) is 1. The third kappa shape index (κ3) is 4.71. The van der Waals surface area contributed by atoms with Gasteiger partial charge in [0.25, 0.3) is 11.8 Å². The van der Waals surface area contributed by atoms with E-state index in [4.69, 9.17) is 10.00 Å². The molecule has 1 aliphatic heterocycles. The maximum Gasteiger partial charge on any atom is 0.344 e. The van der Waals surface area contributed by atoms with Crippen LogP contribution >= 0.6 is 0 Å². The maximum atomic E-state index is 12.7. The minimum Gasteiger partial charge on any atom is -0.484 e. The summed E-state index contributed by atoms with van der Waals surface area (Å²) in [4.78, 5) is 37.0. The molecule has 29 heavy (non-hydrogen) atoms. The lowest BCUT2D eigenvalue weighted by Gasteiger charge is -2.21. The minimum absolute atomic E-state index is 0.337. The van der Waals surface area contributed by atoms with Crippen LogP contribution in [-0.4, -0.2) is 35.0 Å². The van der Waals surface area contributed by atoms with E-state index in [1.807, 2.05) is 36.4 Å². The van der Waals surface area contributed by atoms with Crippen LogP contribution in [0.1, 0.15) is 24.5 Å². The molecule has 1 saturated heterocycles. The summed E-state index contributed by atoms with van der Waals surface area (Å²) in [5, 5.41) is 12.2. The summed E-state index contributed by atoms with van der Waals surface area (Å²) < 4.78 is 5.32. The van der Waals surface area contributed by atoms with Crippen LogP contribution in [0.5, 0.6) is 5.75 Å². The number of nitriles is 1. The van der Waals surface area contributed by atoms with Gasteiger partial charge in [-0.15, -0.1) is 0 Å². The molecule has 148 valence electrons. The Morgan fingerprint density at radius 1 is 1.21 bits per heavy atom. The zero-order chi connectivity index (χ0) is 20.9. The van der Waals surface area contributed by atoms with Crippen molar-refractivity contribution in [1.82, 2.24) is 15.8 Å². The predicted octanol–water partition coefficient (Wildman–Crippen LogP) is 1.91. The van der Waals surface area contributed by atoms with E-state index < -0.39 is 30.0 Å². The van der Waals surface area contributed by atoms with Gasteiger partial charge in [0.15, 0.2) is 6.61 Å². The van der Waals surface area contributed by atoms with Crippen molar-refractivity contribution in [3.05, 3.63) is 65.7 Å². The second-order valence-electron chi connectivity index (χ2n) is 6.85. The van der Waals surface area contributed by atoms with E-state index in [2.05, 4.69) is 10.7 Å². The zero-order valence-electron chi connectivity index (χ0n) is 15.8. The molecule has 0 aromatic heterocycles. The number of hydrogen-bond acceptors (Lipinski definition) is 5. The van der Waals surface area contributed by atoms with Gasteiger partial charge in [0, 0.05) is 0 Å². The number of nitrogens with one attached hydrogen (secondary N) is 2. The van der Waals surface area contributed by atoms with Crippen molar-refractivity contribution < 1.29 is 19.1 Å². The predicted molar refractivity (Wildman–Crippen MR) is 103 cm³/mol. The number of carbonyl (C=O) groups excluding carboxylic acids is 3. The highest BCUT2D eigenvalue weighted by molar-refractivity contribution is 6.07. The molecule has 1 heterocycles. The average molecular weight is 392 g/mol. The Morgan fingerprint density at radius 3 is 2.69 bits per heavy atom. The number of hydrazine groups is 1. The van der Waals surface area contributed by atoms with E-state index in [1.165, 1.54) is 6.07 Å². The Morgan fingerprint density at radius 2 is 1.97 bits per heavy atom. The first-order valence-corrected chi connectivity index (χ1v) is 9.04. The number of imide groups is 1. The van der Waals surface area contributed by atoms with Crippen LogP contribution in [0.4, 0.5) is 4.79 Å². The highest BCUT2D eigenvalue weighted by atomic mass is 16.5. The molecule has 0 aliphatic carbocycles. The maximum absolute atomic E-state index is 12.7. The molecule has 8 nitrogen and oxygen atoms in total. The molecule has 0 spiro atoms. The van der Waals surface area contributed by atoms with E-state index in [1.54, 1.807) is 25.1 Å². The van der Waals surface area contributed by atoms with Crippen molar-refractivity contribution in [2.75, 3.05) is 6.61 Å². The van der Waals surface area contributed by atoms with Gasteiger partial charge in [-0.05, 0) is 43.5 Å². The minimum atomic E-state index is -1.11. The van der Waals surface area contributed by atoms with E-state index in [9.17, 15) is 14.4 Å². The highest BCUT2D eigenvalue weighted by Crippen LogP contribution is 2.22. The molecule has 8 heteroatoms. The molecule has 1 aliphatic rings. The number of benzene rings is 2. The van der Waals surface area contributed by atoms with Crippen molar-refractivity contribution in [2.24, 2.45) is 0 Å². The lowest BCUT2D eigenvalue weighted by molar-refractivity contribution is -0.139. The molecular weight excluding hydrogens is 372 g/mol. The second-order valence-corrected chi connectivity index (χ2v) is 6.85. The Balaban J connectivity index is 1.56. The van der Waals surface area contributed by atoms with Crippen LogP contribution in [0, 0.1) is 11.3 Å². The molecule has 0 unspecified atom stereocenters. The van der Waals surface area contributed by atoms with Crippen LogP contribution in [0.3, 0.4) is 0 Å². The highest BCUT2D eigenvalue weighted by Gasteiger charge is 2.48. The summed E-state index contributed by atoms with van der Waals surface area (Å²) in [5.74, 6) is -0.856. The summed E-state index contributed by atoms with van der Waals surface area (Å²) in [5.41, 5.74) is 2.61. The molecule has 0 bridgehead atoms. The van der Waals surface area contributed by atoms with Crippen LogP contribution in [0.2, 0.25) is 0 Å². The Labute approximate surface area is 168 Å². The van der Waals surface area contributed by atoms with Gasteiger partial charge in [0.2, 0.25) is 0 Å². The molecule has 2 aromatic carbocycles. The van der Waals surface area contributed by atoms with Crippen molar-refractivity contribution in [3.8, 4) is 11.8 Å². The molecular formula is C21H20N4O4. The zero-order valence-corrected chi connectivity index (χ0v) is 15.8. The van der Waals surface area contributed by atoms with E-state index in [-0.39, 0.29) is 0 Å². The standard InChI is InChI=1S/C21H20N4O4/c1-21(11-10-15-6-3-2-4-7-15)19(27)25(20(28)23-21)24-18(26)14-29-17-9-5-8-16(12-17)13-22/h2-9,12H,10-11,14H2,1H3,(H,23,28)(H,24,26)/t21-/m1/s1. The normalized spacial score (nSPS) is 18.1. The summed E-state index contributed by atoms with van der Waals surface area (Å²) in [6, 6.07) is 17.2. The number of carbonyl (C=O) groups is 3. The number of rotatable bonds is 7. The first kappa shape index (κ1) is 19.9. The molecule has 1 fully saturated rings. The lowest BCUT2D eigenvalue weighted by Crippen LogP contribution is -2.50. The first-order valence-electron chi connectivity index (χ1n) is 9.04. The van der Waals surface area contributed by atoms with Gasteiger partial charge in [0.05, 0.1) is 11.6 Å². The Hall–Kier alpha value is -3.86.